The molecule has 0 saturated carbocycles. The van der Waals surface area contributed by atoms with Gasteiger partial charge in [-0.05, 0) is 36.4 Å². The van der Waals surface area contributed by atoms with Crippen LogP contribution in [-0.2, 0) is 10.0 Å². The summed E-state index contributed by atoms with van der Waals surface area (Å²) < 4.78 is 60.6. The lowest BCUT2D eigenvalue weighted by Crippen LogP contribution is -2.50. The molecule has 10 nitrogen and oxygen atoms in total. The number of nitro benzene ring substituents is 1. The van der Waals surface area contributed by atoms with Crippen molar-refractivity contribution in [3.63, 3.8) is 0 Å². The normalized spacial score (nSPS) is 14.9. The number of amides is 1. The summed E-state index contributed by atoms with van der Waals surface area (Å²) in [5, 5.41) is 11.2. The van der Waals surface area contributed by atoms with Gasteiger partial charge < -0.3 is 14.4 Å². The summed E-state index contributed by atoms with van der Waals surface area (Å²) in [5.41, 5.74) is -0.227. The number of ether oxygens (including phenoxy) is 2. The minimum atomic E-state index is -4.03. The van der Waals surface area contributed by atoms with Gasteiger partial charge in [0.1, 0.15) is 5.75 Å². The summed E-state index contributed by atoms with van der Waals surface area (Å²) >= 11 is 0. The largest absolute Gasteiger partial charge is 0.490 e. The Hall–Kier alpha value is -3.32. The number of hydrogen-bond acceptors (Lipinski definition) is 7. The van der Waals surface area contributed by atoms with Gasteiger partial charge in [0, 0.05) is 37.8 Å². The molecule has 1 heterocycles. The molecule has 13 heteroatoms. The Bertz CT molecular complexity index is 1100. The van der Waals surface area contributed by atoms with Crippen LogP contribution >= 0.6 is 0 Å². The summed E-state index contributed by atoms with van der Waals surface area (Å²) in [6.07, 6.45) is 0. The lowest BCUT2D eigenvalue weighted by atomic mass is 10.2. The van der Waals surface area contributed by atoms with E-state index >= 15 is 0 Å². The first-order chi connectivity index (χ1) is 15.1. The third kappa shape index (κ3) is 4.94. The number of hydrogen-bond donors (Lipinski definition) is 0. The van der Waals surface area contributed by atoms with Crippen LogP contribution in [0.1, 0.15) is 10.4 Å². The summed E-state index contributed by atoms with van der Waals surface area (Å²) in [6, 6.07) is 8.56. The summed E-state index contributed by atoms with van der Waals surface area (Å²) in [4.78, 5) is 24.3. The Labute approximate surface area is 182 Å². The Morgan fingerprint density at radius 3 is 2.25 bits per heavy atom. The third-order valence-electron chi connectivity index (χ3n) is 4.84. The second-order valence-electron chi connectivity index (χ2n) is 6.69. The van der Waals surface area contributed by atoms with E-state index in [4.69, 9.17) is 4.74 Å². The van der Waals surface area contributed by atoms with Crippen molar-refractivity contribution in [3.05, 3.63) is 58.1 Å². The summed E-state index contributed by atoms with van der Waals surface area (Å²) in [7, 11) is -2.78. The van der Waals surface area contributed by atoms with E-state index in [-0.39, 0.29) is 54.0 Å². The van der Waals surface area contributed by atoms with Gasteiger partial charge >= 0.3 is 12.3 Å². The molecule has 172 valence electrons. The van der Waals surface area contributed by atoms with E-state index in [9.17, 15) is 32.1 Å². The predicted octanol–water partition coefficient (Wildman–Crippen LogP) is 2.35. The number of rotatable bonds is 7. The van der Waals surface area contributed by atoms with Gasteiger partial charge in [0.05, 0.1) is 16.9 Å². The first kappa shape index (κ1) is 23.3. The van der Waals surface area contributed by atoms with Crippen molar-refractivity contribution in [2.45, 2.75) is 11.5 Å². The predicted molar refractivity (Wildman–Crippen MR) is 107 cm³/mol. The van der Waals surface area contributed by atoms with E-state index in [0.717, 1.165) is 10.4 Å². The zero-order valence-electron chi connectivity index (χ0n) is 16.8. The second kappa shape index (κ2) is 9.44. The zero-order chi connectivity index (χ0) is 23.5. The molecule has 1 saturated heterocycles. The molecule has 0 radical (unpaired) electrons. The number of nitro groups is 1. The fraction of sp³-hybridized carbons (Fsp3) is 0.316. The van der Waals surface area contributed by atoms with Crippen molar-refractivity contribution >= 4 is 21.6 Å². The fourth-order valence-electron chi connectivity index (χ4n) is 3.22. The number of benzene rings is 2. The van der Waals surface area contributed by atoms with Gasteiger partial charge in [0.25, 0.3) is 5.91 Å². The number of halogens is 2. The van der Waals surface area contributed by atoms with Crippen LogP contribution in [0.3, 0.4) is 0 Å². The Morgan fingerprint density at radius 2 is 1.72 bits per heavy atom. The first-order valence-electron chi connectivity index (χ1n) is 9.30. The first-order valence-corrected chi connectivity index (χ1v) is 10.7. The van der Waals surface area contributed by atoms with Crippen LogP contribution in [0.15, 0.2) is 47.4 Å². The van der Waals surface area contributed by atoms with Crippen LogP contribution in [-0.4, -0.2) is 68.4 Å². The molecule has 1 aliphatic rings. The van der Waals surface area contributed by atoms with Crippen LogP contribution in [0.2, 0.25) is 0 Å². The molecule has 0 aliphatic carbocycles. The highest BCUT2D eigenvalue weighted by atomic mass is 32.2. The smallest absolute Gasteiger partial charge is 0.387 e. The van der Waals surface area contributed by atoms with Crippen molar-refractivity contribution in [1.29, 1.82) is 0 Å². The standard InChI is InChI=1S/C19H19F2N3O7S/c1-30-17-7-6-15(12-16(17)24(26)27)32(28,29)23-10-8-22(9-11-23)18(25)13-2-4-14(5-3-13)31-19(20)21/h2-7,12,19H,8-11H2,1H3. The van der Waals surface area contributed by atoms with Gasteiger partial charge in [-0.1, -0.05) is 0 Å². The molecule has 1 amide bonds. The quantitative estimate of drug-likeness (QED) is 0.449. The van der Waals surface area contributed by atoms with Gasteiger partial charge in [-0.3, -0.25) is 14.9 Å². The van der Waals surface area contributed by atoms with E-state index in [1.807, 2.05) is 0 Å². The highest BCUT2D eigenvalue weighted by Crippen LogP contribution is 2.31. The van der Waals surface area contributed by atoms with E-state index in [1.165, 1.54) is 48.4 Å². The average Bonchev–Trinajstić information content (AvgIpc) is 2.78. The molecule has 0 atom stereocenters. The van der Waals surface area contributed by atoms with Gasteiger partial charge in [0.2, 0.25) is 10.0 Å². The molecule has 0 N–H and O–H groups in total. The molecule has 32 heavy (non-hydrogen) atoms. The lowest BCUT2D eigenvalue weighted by molar-refractivity contribution is -0.386. The van der Waals surface area contributed by atoms with Gasteiger partial charge in [-0.15, -0.1) is 0 Å². The number of carbonyl (C=O) groups excluding carboxylic acids is 1. The Balaban J connectivity index is 1.69. The van der Waals surface area contributed by atoms with E-state index in [0.29, 0.717) is 0 Å². The van der Waals surface area contributed by atoms with E-state index < -0.39 is 27.2 Å². The van der Waals surface area contributed by atoms with Crippen LogP contribution in [0.25, 0.3) is 0 Å². The van der Waals surface area contributed by atoms with Crippen molar-refractivity contribution in [1.82, 2.24) is 9.21 Å². The minimum absolute atomic E-state index is 0.0134. The number of methoxy groups -OCH3 is 1. The zero-order valence-corrected chi connectivity index (χ0v) is 17.6. The molecular weight excluding hydrogens is 452 g/mol. The minimum Gasteiger partial charge on any atom is -0.490 e. The molecule has 0 bridgehead atoms. The topological polar surface area (TPSA) is 119 Å². The van der Waals surface area contributed by atoms with E-state index in [2.05, 4.69) is 4.74 Å². The number of alkyl halides is 2. The van der Waals surface area contributed by atoms with Crippen LogP contribution in [0, 0.1) is 10.1 Å². The SMILES string of the molecule is COc1ccc(S(=O)(=O)N2CCN(C(=O)c3ccc(OC(F)F)cc3)CC2)cc1[N+](=O)[O-]. The maximum atomic E-state index is 12.9. The molecule has 1 fully saturated rings. The lowest BCUT2D eigenvalue weighted by Gasteiger charge is -2.34. The molecule has 0 aromatic heterocycles. The molecule has 2 aromatic carbocycles. The monoisotopic (exact) mass is 471 g/mol. The summed E-state index contributed by atoms with van der Waals surface area (Å²) in [5.74, 6) is -0.527. The van der Waals surface area contributed by atoms with Crippen LogP contribution in [0.4, 0.5) is 14.5 Å². The molecule has 0 spiro atoms. The molecule has 2 aromatic rings. The maximum absolute atomic E-state index is 12.9. The average molecular weight is 471 g/mol. The number of nitrogens with zero attached hydrogens (tertiary/aromatic N) is 3. The maximum Gasteiger partial charge on any atom is 0.387 e. The van der Waals surface area contributed by atoms with Crippen molar-refractivity contribution in [2.24, 2.45) is 0 Å². The van der Waals surface area contributed by atoms with Crippen molar-refractivity contribution in [2.75, 3.05) is 33.3 Å². The van der Waals surface area contributed by atoms with Gasteiger partial charge in [-0.25, -0.2) is 8.42 Å². The Morgan fingerprint density at radius 1 is 1.09 bits per heavy atom. The number of piperazine rings is 1. The fourth-order valence-corrected chi connectivity index (χ4v) is 4.66. The third-order valence-corrected chi connectivity index (χ3v) is 6.73. The van der Waals surface area contributed by atoms with Crippen molar-refractivity contribution in [3.8, 4) is 11.5 Å². The number of carbonyl (C=O) groups is 1. The molecule has 1 aliphatic heterocycles. The van der Waals surface area contributed by atoms with Crippen LogP contribution in [0.5, 0.6) is 11.5 Å². The molecule has 0 unspecified atom stereocenters. The van der Waals surface area contributed by atoms with Crippen LogP contribution < -0.4 is 9.47 Å². The van der Waals surface area contributed by atoms with E-state index in [1.54, 1.807) is 0 Å². The number of sulfonamides is 1. The Kier molecular flexibility index (Phi) is 6.89. The molecular formula is C19H19F2N3O7S. The summed E-state index contributed by atoms with van der Waals surface area (Å²) in [6.45, 7) is -2.82. The van der Waals surface area contributed by atoms with Gasteiger partial charge in [-0.2, -0.15) is 13.1 Å². The highest BCUT2D eigenvalue weighted by Gasteiger charge is 2.32. The second-order valence-corrected chi connectivity index (χ2v) is 8.63. The highest BCUT2D eigenvalue weighted by molar-refractivity contribution is 7.89. The van der Waals surface area contributed by atoms with Gasteiger partial charge in [0.15, 0.2) is 5.75 Å². The van der Waals surface area contributed by atoms with Crippen molar-refractivity contribution < 1.29 is 36.4 Å². The molecule has 3 rings (SSSR count).